The average molecular weight is 581 g/mol. The summed E-state index contributed by atoms with van der Waals surface area (Å²) in [5.74, 6) is 1.35. The zero-order chi connectivity index (χ0) is 30.0. The van der Waals surface area contributed by atoms with Gasteiger partial charge in [-0.3, -0.25) is 19.8 Å². The van der Waals surface area contributed by atoms with Crippen molar-refractivity contribution in [3.63, 3.8) is 0 Å². The number of anilines is 1. The van der Waals surface area contributed by atoms with E-state index in [0.717, 1.165) is 33.8 Å². The minimum absolute atomic E-state index is 0.0670. The van der Waals surface area contributed by atoms with Crippen LogP contribution >= 0.6 is 11.8 Å². The number of aryl methyl sites for hydroxylation is 2. The van der Waals surface area contributed by atoms with E-state index in [1.807, 2.05) is 36.9 Å². The number of methoxy groups -OCH3 is 1. The van der Waals surface area contributed by atoms with E-state index in [1.54, 1.807) is 17.0 Å². The number of nitrogens with zero attached hydrogens (tertiary/aromatic N) is 3. The van der Waals surface area contributed by atoms with Gasteiger partial charge in [-0.15, -0.1) is 0 Å². The third-order valence-electron chi connectivity index (χ3n) is 7.94. The highest BCUT2D eigenvalue weighted by Gasteiger charge is 2.42. The Balaban J connectivity index is 1.62. The highest BCUT2D eigenvalue weighted by atomic mass is 32.2. The molecular weight excluding hydrogens is 548 g/mol. The summed E-state index contributed by atoms with van der Waals surface area (Å²) in [5, 5.41) is 22.6. The van der Waals surface area contributed by atoms with Gasteiger partial charge in [-0.2, -0.15) is 17.0 Å². The molecule has 42 heavy (non-hydrogen) atoms. The highest BCUT2D eigenvalue weighted by Crippen LogP contribution is 2.49. The topological polar surface area (TPSA) is 122 Å². The van der Waals surface area contributed by atoms with Gasteiger partial charge in [0.05, 0.1) is 35.7 Å². The van der Waals surface area contributed by atoms with Crippen molar-refractivity contribution < 1.29 is 14.5 Å². The van der Waals surface area contributed by atoms with Crippen molar-refractivity contribution in [2.75, 3.05) is 12.0 Å². The van der Waals surface area contributed by atoms with Gasteiger partial charge >= 0.3 is 0 Å². The summed E-state index contributed by atoms with van der Waals surface area (Å²) in [4.78, 5) is 26.8. The molecule has 2 N–H and O–H groups in total. The Morgan fingerprint density at radius 1 is 1.10 bits per heavy atom. The second kappa shape index (κ2) is 12.1. The number of nitrogens with two attached hydrogens (primary N) is 1. The van der Waals surface area contributed by atoms with Gasteiger partial charge in [-0.25, -0.2) is 0 Å². The summed E-state index contributed by atoms with van der Waals surface area (Å²) in [6, 6.07) is 21.3. The number of rotatable bonds is 8. The molecule has 214 valence electrons. The van der Waals surface area contributed by atoms with E-state index in [2.05, 4.69) is 37.3 Å². The van der Waals surface area contributed by atoms with E-state index in [-0.39, 0.29) is 28.6 Å². The van der Waals surface area contributed by atoms with E-state index in [4.69, 9.17) is 10.5 Å². The number of carbonyl (C=O) groups is 1. The second-order valence-electron chi connectivity index (χ2n) is 10.5. The lowest BCUT2D eigenvalue weighted by atomic mass is 9.74. The first-order valence-corrected chi connectivity index (χ1v) is 14.9. The van der Waals surface area contributed by atoms with Gasteiger partial charge in [0.15, 0.2) is 5.78 Å². The number of allylic oxidation sites excluding steroid dienone is 3. The van der Waals surface area contributed by atoms with Crippen LogP contribution < -0.4 is 15.4 Å². The normalized spacial score (nSPS) is 16.8. The van der Waals surface area contributed by atoms with Crippen LogP contribution in [0.3, 0.4) is 0 Å². The first-order valence-electron chi connectivity index (χ1n) is 13.7. The maximum Gasteiger partial charge on any atom is 0.296 e. The maximum absolute atomic E-state index is 13.7. The summed E-state index contributed by atoms with van der Waals surface area (Å²) in [6.45, 7) is 4.06. The molecule has 1 unspecified atom stereocenters. The molecule has 3 aromatic rings. The third kappa shape index (κ3) is 5.38. The fraction of sp³-hybridized carbons (Fsp3) is 0.273. The van der Waals surface area contributed by atoms with Crippen LogP contribution in [0, 0.1) is 35.3 Å². The smallest absolute Gasteiger partial charge is 0.296 e. The molecule has 1 heterocycles. The van der Waals surface area contributed by atoms with Crippen molar-refractivity contribution in [3.05, 3.63) is 121 Å². The first kappa shape index (κ1) is 29.0. The Kier molecular flexibility index (Phi) is 8.36. The Bertz CT molecular complexity index is 1670. The van der Waals surface area contributed by atoms with Gasteiger partial charge < -0.3 is 10.5 Å². The number of benzene rings is 3. The number of ketones is 1. The molecule has 0 aromatic heterocycles. The third-order valence-corrected chi connectivity index (χ3v) is 8.99. The van der Waals surface area contributed by atoms with Gasteiger partial charge in [0, 0.05) is 29.2 Å². The molecule has 9 heteroatoms. The van der Waals surface area contributed by atoms with Crippen LogP contribution in [-0.4, -0.2) is 17.8 Å². The lowest BCUT2D eigenvalue weighted by molar-refractivity contribution is -0.384. The second-order valence-corrected chi connectivity index (χ2v) is 11.5. The molecule has 0 radical (unpaired) electrons. The molecule has 0 fully saturated rings. The number of nitro benzene ring substituents is 1. The molecule has 2 aliphatic rings. The lowest BCUT2D eigenvalue weighted by Gasteiger charge is -2.39. The molecule has 3 aromatic carbocycles. The average Bonchev–Trinajstić information content (AvgIpc) is 2.98. The number of nitriles is 1. The minimum atomic E-state index is -0.648. The van der Waals surface area contributed by atoms with Crippen LogP contribution in [0.1, 0.15) is 53.0 Å². The number of thioether (sulfide) groups is 1. The van der Waals surface area contributed by atoms with Gasteiger partial charge in [0.25, 0.3) is 5.69 Å². The number of hydrogen-bond acceptors (Lipinski definition) is 8. The first-order chi connectivity index (χ1) is 20.2. The van der Waals surface area contributed by atoms with E-state index in [0.29, 0.717) is 36.3 Å². The predicted octanol–water partition coefficient (Wildman–Crippen LogP) is 6.96. The van der Waals surface area contributed by atoms with Crippen LogP contribution in [0.4, 0.5) is 11.4 Å². The van der Waals surface area contributed by atoms with Gasteiger partial charge in [0.1, 0.15) is 17.3 Å². The zero-order valence-electron chi connectivity index (χ0n) is 23.8. The molecule has 1 aliphatic carbocycles. The van der Waals surface area contributed by atoms with Crippen LogP contribution in [-0.2, 0) is 16.3 Å². The molecule has 8 nitrogen and oxygen atoms in total. The Morgan fingerprint density at radius 2 is 1.86 bits per heavy atom. The standard InChI is InChI=1S/C33H32N4O4S/c1-20-14-21(2)25(15-23(20)19-42-18-22-8-5-4-6-9-22)31-26(17-34)33(35)36(28-10-7-11-30(38)32(28)31)27-13-12-24(41-3)16-29(27)37(39)40/h4-6,8-9,12-16,31H,7,10-11,18-19,35H2,1-3H3. The number of carbonyl (C=O) groups excluding carboxylic acids is 1. The predicted molar refractivity (Wildman–Crippen MR) is 165 cm³/mol. The van der Waals surface area contributed by atoms with Crippen LogP contribution in [0.2, 0.25) is 0 Å². The van der Waals surface area contributed by atoms with Gasteiger partial charge in [-0.05, 0) is 66.6 Å². The molecule has 1 aliphatic heterocycles. The number of ether oxygens (including phenoxy) is 1. The van der Waals surface area contributed by atoms with Crippen molar-refractivity contribution in [2.24, 2.45) is 5.73 Å². The SMILES string of the molecule is COc1ccc(N2C(N)=C(C#N)C(c3cc(CSCc4ccccc4)c(C)cc3C)C3=C2CCCC3=O)c([N+](=O)[O-])c1. The fourth-order valence-electron chi connectivity index (χ4n) is 5.87. The molecular formula is C33H32N4O4S. The Labute approximate surface area is 249 Å². The van der Waals surface area contributed by atoms with Gasteiger partial charge in [-0.1, -0.05) is 42.5 Å². The minimum Gasteiger partial charge on any atom is -0.496 e. The van der Waals surface area contributed by atoms with E-state index >= 15 is 0 Å². The highest BCUT2D eigenvalue weighted by molar-refractivity contribution is 7.97. The zero-order valence-corrected chi connectivity index (χ0v) is 24.7. The molecule has 0 bridgehead atoms. The van der Waals surface area contributed by atoms with E-state index in [1.165, 1.54) is 18.7 Å². The van der Waals surface area contributed by atoms with E-state index in [9.17, 15) is 20.2 Å². The Morgan fingerprint density at radius 3 is 2.55 bits per heavy atom. The fourth-order valence-corrected chi connectivity index (χ4v) is 6.94. The number of nitro groups is 1. The maximum atomic E-state index is 13.7. The molecule has 5 rings (SSSR count). The van der Waals surface area contributed by atoms with Crippen molar-refractivity contribution in [1.82, 2.24) is 0 Å². The summed E-state index contributed by atoms with van der Waals surface area (Å²) in [6.07, 6.45) is 1.44. The van der Waals surface area contributed by atoms with Crippen molar-refractivity contribution in [3.8, 4) is 11.8 Å². The molecule has 1 atom stereocenters. The monoisotopic (exact) mass is 580 g/mol. The molecule has 0 amide bonds. The van der Waals surface area contributed by atoms with Crippen LogP contribution in [0.25, 0.3) is 0 Å². The number of hydrogen-bond donors (Lipinski definition) is 1. The van der Waals surface area contributed by atoms with Crippen LogP contribution in [0.5, 0.6) is 5.75 Å². The summed E-state index contributed by atoms with van der Waals surface area (Å²) < 4.78 is 5.22. The molecule has 0 saturated heterocycles. The Hall–Kier alpha value is -4.55. The summed E-state index contributed by atoms with van der Waals surface area (Å²) in [5.41, 5.74) is 13.4. The molecule has 0 saturated carbocycles. The van der Waals surface area contributed by atoms with Crippen molar-refractivity contribution in [1.29, 1.82) is 5.26 Å². The van der Waals surface area contributed by atoms with Gasteiger partial charge in [0.2, 0.25) is 0 Å². The lowest BCUT2D eigenvalue weighted by Crippen LogP contribution is -2.39. The molecule has 0 spiro atoms. The van der Waals surface area contributed by atoms with Crippen molar-refractivity contribution >= 4 is 28.9 Å². The van der Waals surface area contributed by atoms with Crippen molar-refractivity contribution in [2.45, 2.75) is 50.5 Å². The summed E-state index contributed by atoms with van der Waals surface area (Å²) in [7, 11) is 1.44. The number of Topliss-reactive ketones (excluding diaryl/α,β-unsaturated/α-hetero) is 1. The van der Waals surface area contributed by atoms with Crippen LogP contribution in [0.15, 0.2) is 83.3 Å². The summed E-state index contributed by atoms with van der Waals surface area (Å²) >= 11 is 1.81. The van der Waals surface area contributed by atoms with E-state index < -0.39 is 10.8 Å². The quantitative estimate of drug-likeness (QED) is 0.224. The largest absolute Gasteiger partial charge is 0.496 e.